The number of β-amino-alcohol motifs (C(OH)–C–C–N with tert-alkyl or cyclic N) is 1. The van der Waals surface area contributed by atoms with Gasteiger partial charge in [-0.1, -0.05) is 0 Å². The highest BCUT2D eigenvalue weighted by atomic mass is 16.3. The lowest BCUT2D eigenvalue weighted by Crippen LogP contribution is -2.25. The molecule has 1 aliphatic rings. The molecule has 1 unspecified atom stereocenters. The van der Waals surface area contributed by atoms with Crippen LogP contribution in [0.2, 0.25) is 0 Å². The number of anilines is 2. The van der Waals surface area contributed by atoms with Crippen LogP contribution in [0.4, 0.5) is 11.5 Å². The number of fused-ring (bicyclic) bond motifs is 1. The van der Waals surface area contributed by atoms with E-state index in [2.05, 4.69) is 20.4 Å². The number of amides is 1. The van der Waals surface area contributed by atoms with Crippen LogP contribution in [-0.4, -0.2) is 54.9 Å². The smallest absolute Gasteiger partial charge is 0.277 e. The lowest BCUT2D eigenvalue weighted by molar-refractivity contribution is 0.102. The highest BCUT2D eigenvalue weighted by Gasteiger charge is 2.26. The van der Waals surface area contributed by atoms with Gasteiger partial charge >= 0.3 is 0 Å². The summed E-state index contributed by atoms with van der Waals surface area (Å²) in [5.41, 5.74) is 2.96. The first-order chi connectivity index (χ1) is 15.0. The predicted molar refractivity (Wildman–Crippen MR) is 114 cm³/mol. The summed E-state index contributed by atoms with van der Waals surface area (Å²) in [6, 6.07) is 5.45. The maximum Gasteiger partial charge on any atom is 0.277 e. The number of aliphatic hydroxyl groups is 1. The Morgan fingerprint density at radius 3 is 2.97 bits per heavy atom. The first-order valence-corrected chi connectivity index (χ1v) is 9.93. The first kappa shape index (κ1) is 19.2. The van der Waals surface area contributed by atoms with Crippen molar-refractivity contribution >= 4 is 28.4 Å². The van der Waals surface area contributed by atoms with Gasteiger partial charge in [-0.2, -0.15) is 5.10 Å². The number of nitrogens with zero attached hydrogens (tertiary/aromatic N) is 6. The van der Waals surface area contributed by atoms with E-state index < -0.39 is 12.0 Å². The molecule has 4 aromatic heterocycles. The van der Waals surface area contributed by atoms with E-state index in [1.54, 1.807) is 23.1 Å². The van der Waals surface area contributed by atoms with E-state index >= 15 is 0 Å². The van der Waals surface area contributed by atoms with Crippen LogP contribution in [0.5, 0.6) is 0 Å². The summed E-state index contributed by atoms with van der Waals surface area (Å²) < 4.78 is 7.19. The molecule has 4 aromatic rings. The number of pyridine rings is 2. The van der Waals surface area contributed by atoms with Crippen LogP contribution in [-0.2, 0) is 7.05 Å². The summed E-state index contributed by atoms with van der Waals surface area (Å²) in [4.78, 5) is 28.1. The summed E-state index contributed by atoms with van der Waals surface area (Å²) in [7, 11) is 1.81. The first-order valence-electron chi connectivity index (χ1n) is 9.93. The molecule has 0 aromatic carbocycles. The van der Waals surface area contributed by atoms with Gasteiger partial charge in [-0.15, -0.1) is 0 Å². The fourth-order valence-electron chi connectivity index (χ4n) is 3.71. The molecule has 5 heterocycles. The third-order valence-electron chi connectivity index (χ3n) is 5.28. The maximum absolute atomic E-state index is 12.9. The largest absolute Gasteiger partial charge is 0.444 e. The van der Waals surface area contributed by atoms with Gasteiger partial charge in [-0.3, -0.25) is 14.5 Å². The molecule has 0 spiro atoms. The average Bonchev–Trinajstić information content (AvgIpc) is 3.48. The quantitative estimate of drug-likeness (QED) is 0.516. The van der Waals surface area contributed by atoms with Crippen molar-refractivity contribution in [2.45, 2.75) is 19.4 Å². The van der Waals surface area contributed by atoms with Gasteiger partial charge < -0.3 is 19.7 Å². The molecule has 0 radical (unpaired) electrons. The molecule has 1 aliphatic heterocycles. The molecule has 1 saturated heterocycles. The Labute approximate surface area is 177 Å². The van der Waals surface area contributed by atoms with Crippen molar-refractivity contribution in [3.63, 3.8) is 0 Å². The number of carbonyl (C=O) groups excluding carboxylic acids is 1. The van der Waals surface area contributed by atoms with Crippen molar-refractivity contribution in [1.82, 2.24) is 24.7 Å². The monoisotopic (exact) mass is 419 g/mol. The Morgan fingerprint density at radius 1 is 1.32 bits per heavy atom. The van der Waals surface area contributed by atoms with Gasteiger partial charge in [0.2, 0.25) is 5.89 Å². The number of oxazole rings is 1. The van der Waals surface area contributed by atoms with Crippen LogP contribution in [0.15, 0.2) is 41.3 Å². The normalized spacial score (nSPS) is 16.2. The second-order valence-corrected chi connectivity index (χ2v) is 7.61. The number of aliphatic hydroxyl groups excluding tert-OH is 1. The van der Waals surface area contributed by atoms with Crippen LogP contribution in [0, 0.1) is 6.92 Å². The zero-order valence-corrected chi connectivity index (χ0v) is 17.1. The number of aromatic nitrogens is 5. The van der Waals surface area contributed by atoms with Gasteiger partial charge in [0.1, 0.15) is 6.26 Å². The fourth-order valence-corrected chi connectivity index (χ4v) is 3.71. The number of hydrogen-bond donors (Lipinski definition) is 2. The van der Waals surface area contributed by atoms with Crippen molar-refractivity contribution in [2.24, 2.45) is 7.05 Å². The molecule has 1 amide bonds. The Kier molecular flexibility index (Phi) is 4.63. The summed E-state index contributed by atoms with van der Waals surface area (Å²) in [5, 5.41) is 17.9. The van der Waals surface area contributed by atoms with Gasteiger partial charge in [0.05, 0.1) is 18.0 Å². The van der Waals surface area contributed by atoms with E-state index in [1.807, 2.05) is 31.0 Å². The van der Waals surface area contributed by atoms with Gasteiger partial charge in [-0.05, 0) is 31.5 Å². The summed E-state index contributed by atoms with van der Waals surface area (Å²) in [5.74, 6) is 0.528. The SMILES string of the molecule is Cc1cc(-c2nc(C(=O)Nc3cc4cnn(C)c4nc3N3CCC(O)C3)co2)ccn1. The van der Waals surface area contributed by atoms with E-state index in [-0.39, 0.29) is 5.69 Å². The topological polar surface area (TPSA) is 122 Å². The number of hydrogen-bond acceptors (Lipinski definition) is 8. The third kappa shape index (κ3) is 3.61. The molecule has 0 saturated carbocycles. The number of nitrogens with one attached hydrogen (secondary N) is 1. The van der Waals surface area contributed by atoms with Crippen LogP contribution in [0.3, 0.4) is 0 Å². The number of aryl methyl sites for hydroxylation is 2. The lowest BCUT2D eigenvalue weighted by Gasteiger charge is -2.20. The van der Waals surface area contributed by atoms with Crippen LogP contribution in [0.1, 0.15) is 22.6 Å². The summed E-state index contributed by atoms with van der Waals surface area (Å²) >= 11 is 0. The molecule has 0 bridgehead atoms. The zero-order chi connectivity index (χ0) is 21.5. The standard InChI is InChI=1S/C21H21N7O3/c1-12-7-13(3-5-22-12)21-25-17(11-31-21)20(30)24-16-8-14-9-23-27(2)18(14)26-19(16)28-6-4-15(29)10-28/h3,5,7-9,11,15,29H,4,6,10H2,1-2H3,(H,24,30). The Balaban J connectivity index is 1.46. The van der Waals surface area contributed by atoms with Crippen molar-refractivity contribution in [1.29, 1.82) is 0 Å². The molecule has 10 nitrogen and oxygen atoms in total. The van der Waals surface area contributed by atoms with E-state index in [0.717, 1.165) is 16.6 Å². The van der Waals surface area contributed by atoms with Crippen LogP contribution in [0.25, 0.3) is 22.5 Å². The van der Waals surface area contributed by atoms with Gasteiger partial charge in [0, 0.05) is 43.0 Å². The summed E-state index contributed by atoms with van der Waals surface area (Å²) in [6.07, 6.45) is 4.92. The van der Waals surface area contributed by atoms with Crippen molar-refractivity contribution in [2.75, 3.05) is 23.3 Å². The average molecular weight is 419 g/mol. The second kappa shape index (κ2) is 7.47. The summed E-state index contributed by atoms with van der Waals surface area (Å²) in [6.45, 7) is 2.98. The highest BCUT2D eigenvalue weighted by molar-refractivity contribution is 6.05. The van der Waals surface area contributed by atoms with Crippen molar-refractivity contribution in [3.8, 4) is 11.5 Å². The number of rotatable bonds is 4. The molecule has 2 N–H and O–H groups in total. The van der Waals surface area contributed by atoms with Gasteiger partial charge in [0.15, 0.2) is 17.2 Å². The maximum atomic E-state index is 12.9. The van der Waals surface area contributed by atoms with Crippen molar-refractivity contribution in [3.05, 3.63) is 48.2 Å². The molecular weight excluding hydrogens is 398 g/mol. The van der Waals surface area contributed by atoms with E-state index in [0.29, 0.717) is 42.6 Å². The zero-order valence-electron chi connectivity index (χ0n) is 17.1. The Bertz CT molecular complexity index is 1280. The highest BCUT2D eigenvalue weighted by Crippen LogP contribution is 2.31. The Hall–Kier alpha value is -3.79. The molecule has 1 atom stereocenters. The second-order valence-electron chi connectivity index (χ2n) is 7.61. The minimum absolute atomic E-state index is 0.156. The van der Waals surface area contributed by atoms with E-state index in [1.165, 1.54) is 6.26 Å². The molecule has 1 fully saturated rings. The molecular formula is C21H21N7O3. The molecule has 5 rings (SSSR count). The van der Waals surface area contributed by atoms with Crippen LogP contribution >= 0.6 is 0 Å². The van der Waals surface area contributed by atoms with Gasteiger partial charge in [-0.25, -0.2) is 9.97 Å². The van der Waals surface area contributed by atoms with Gasteiger partial charge in [0.25, 0.3) is 5.91 Å². The van der Waals surface area contributed by atoms with E-state index in [4.69, 9.17) is 9.40 Å². The lowest BCUT2D eigenvalue weighted by atomic mass is 10.2. The minimum Gasteiger partial charge on any atom is -0.444 e. The predicted octanol–water partition coefficient (Wildman–Crippen LogP) is 2.15. The third-order valence-corrected chi connectivity index (χ3v) is 5.28. The van der Waals surface area contributed by atoms with Crippen LogP contribution < -0.4 is 10.2 Å². The minimum atomic E-state index is -0.422. The number of carbonyl (C=O) groups is 1. The van der Waals surface area contributed by atoms with Crippen molar-refractivity contribution < 1.29 is 14.3 Å². The fraction of sp³-hybridized carbons (Fsp3) is 0.286. The molecule has 10 heteroatoms. The molecule has 0 aliphatic carbocycles. The molecule has 158 valence electrons. The molecule has 31 heavy (non-hydrogen) atoms. The Morgan fingerprint density at radius 2 is 2.19 bits per heavy atom. The van der Waals surface area contributed by atoms with E-state index in [9.17, 15) is 9.90 Å².